The van der Waals surface area contributed by atoms with Gasteiger partial charge in [-0.15, -0.1) is 0 Å². The van der Waals surface area contributed by atoms with Gasteiger partial charge in [-0.1, -0.05) is 6.92 Å². The lowest BCUT2D eigenvalue weighted by Crippen LogP contribution is -2.23. The number of nitrogens with zero attached hydrogens (tertiary/aromatic N) is 1. The van der Waals surface area contributed by atoms with Gasteiger partial charge in [0.1, 0.15) is 5.69 Å². The molecule has 0 aromatic carbocycles. The van der Waals surface area contributed by atoms with Gasteiger partial charge in [-0.25, -0.2) is 4.98 Å². The Kier molecular flexibility index (Phi) is 4.92. The molecule has 0 bridgehead atoms. The van der Waals surface area contributed by atoms with E-state index in [0.717, 1.165) is 24.2 Å². The molecule has 0 atom stereocenters. The van der Waals surface area contributed by atoms with Gasteiger partial charge in [0.2, 0.25) is 0 Å². The van der Waals surface area contributed by atoms with Crippen molar-refractivity contribution in [3.63, 3.8) is 0 Å². The third-order valence-corrected chi connectivity index (χ3v) is 3.34. The monoisotopic (exact) mass is 275 g/mol. The molecule has 100 valence electrons. The second-order valence-corrected chi connectivity index (χ2v) is 4.95. The smallest absolute Gasteiger partial charge is 0.270 e. The van der Waals surface area contributed by atoms with Crippen LogP contribution >= 0.6 is 11.3 Å². The SMILES string of the molecule is CCCNc1ccc(C(=O)NCc2ccsc2)nc1. The number of carbonyl (C=O) groups excluding carboxylic acids is 1. The summed E-state index contributed by atoms with van der Waals surface area (Å²) in [5, 5.41) is 10.1. The molecule has 1 amide bonds. The number of aromatic nitrogens is 1. The second-order valence-electron chi connectivity index (χ2n) is 4.17. The van der Waals surface area contributed by atoms with E-state index >= 15 is 0 Å². The molecule has 0 radical (unpaired) electrons. The number of nitrogens with one attached hydrogen (secondary N) is 2. The van der Waals surface area contributed by atoms with E-state index in [0.29, 0.717) is 12.2 Å². The molecule has 0 aliphatic carbocycles. The summed E-state index contributed by atoms with van der Waals surface area (Å²) in [6.45, 7) is 3.55. The maximum absolute atomic E-state index is 11.9. The number of anilines is 1. The highest BCUT2D eigenvalue weighted by molar-refractivity contribution is 7.07. The minimum atomic E-state index is -0.145. The van der Waals surface area contributed by atoms with Crippen LogP contribution in [-0.4, -0.2) is 17.4 Å². The van der Waals surface area contributed by atoms with Crippen molar-refractivity contribution in [3.05, 3.63) is 46.4 Å². The van der Waals surface area contributed by atoms with Crippen LogP contribution in [0.1, 0.15) is 29.4 Å². The van der Waals surface area contributed by atoms with E-state index in [4.69, 9.17) is 0 Å². The Morgan fingerprint density at radius 3 is 2.89 bits per heavy atom. The van der Waals surface area contributed by atoms with Crippen LogP contribution in [0.25, 0.3) is 0 Å². The normalized spacial score (nSPS) is 10.2. The van der Waals surface area contributed by atoms with Crippen molar-refractivity contribution in [1.29, 1.82) is 0 Å². The highest BCUT2D eigenvalue weighted by Gasteiger charge is 2.06. The Morgan fingerprint density at radius 1 is 1.37 bits per heavy atom. The molecular formula is C14H17N3OS. The van der Waals surface area contributed by atoms with Crippen LogP contribution in [0.15, 0.2) is 35.2 Å². The summed E-state index contributed by atoms with van der Waals surface area (Å²) in [6.07, 6.45) is 2.75. The van der Waals surface area contributed by atoms with Crippen LogP contribution in [0.5, 0.6) is 0 Å². The second kappa shape index (κ2) is 6.89. The number of pyridine rings is 1. The molecule has 0 saturated heterocycles. The van der Waals surface area contributed by atoms with Crippen molar-refractivity contribution >= 4 is 22.9 Å². The van der Waals surface area contributed by atoms with Crippen molar-refractivity contribution in [2.24, 2.45) is 0 Å². The molecule has 19 heavy (non-hydrogen) atoms. The first kappa shape index (κ1) is 13.5. The fourth-order valence-corrected chi connectivity index (χ4v) is 2.24. The van der Waals surface area contributed by atoms with Gasteiger partial charge in [-0.3, -0.25) is 4.79 Å². The van der Waals surface area contributed by atoms with Gasteiger partial charge in [0.15, 0.2) is 0 Å². The predicted molar refractivity (Wildman–Crippen MR) is 78.5 cm³/mol. The first-order valence-electron chi connectivity index (χ1n) is 6.29. The van der Waals surface area contributed by atoms with Crippen molar-refractivity contribution in [2.45, 2.75) is 19.9 Å². The van der Waals surface area contributed by atoms with Gasteiger partial charge < -0.3 is 10.6 Å². The van der Waals surface area contributed by atoms with Crippen LogP contribution in [0.4, 0.5) is 5.69 Å². The minimum Gasteiger partial charge on any atom is -0.384 e. The number of amides is 1. The van der Waals surface area contributed by atoms with Crippen LogP contribution in [-0.2, 0) is 6.54 Å². The third-order valence-electron chi connectivity index (χ3n) is 2.61. The lowest BCUT2D eigenvalue weighted by atomic mass is 10.3. The first-order valence-corrected chi connectivity index (χ1v) is 7.23. The van der Waals surface area contributed by atoms with Gasteiger partial charge in [0.05, 0.1) is 11.9 Å². The lowest BCUT2D eigenvalue weighted by Gasteiger charge is -2.06. The average molecular weight is 275 g/mol. The Labute approximate surface area is 116 Å². The zero-order valence-corrected chi connectivity index (χ0v) is 11.7. The van der Waals surface area contributed by atoms with E-state index in [-0.39, 0.29) is 5.91 Å². The third kappa shape index (κ3) is 4.06. The molecule has 2 N–H and O–H groups in total. The van der Waals surface area contributed by atoms with Crippen LogP contribution < -0.4 is 10.6 Å². The van der Waals surface area contributed by atoms with Gasteiger partial charge in [-0.05, 0) is 40.9 Å². The molecule has 0 aliphatic rings. The zero-order valence-electron chi connectivity index (χ0n) is 10.8. The number of thiophene rings is 1. The summed E-state index contributed by atoms with van der Waals surface area (Å²) in [7, 11) is 0. The van der Waals surface area contributed by atoms with Gasteiger partial charge in [-0.2, -0.15) is 11.3 Å². The molecule has 0 spiro atoms. The van der Waals surface area contributed by atoms with E-state index in [2.05, 4.69) is 22.5 Å². The summed E-state index contributed by atoms with van der Waals surface area (Å²) in [5.41, 5.74) is 2.49. The van der Waals surface area contributed by atoms with Crippen molar-refractivity contribution < 1.29 is 4.79 Å². The molecule has 0 unspecified atom stereocenters. The Bertz CT molecular complexity index is 508. The molecule has 2 rings (SSSR count). The zero-order chi connectivity index (χ0) is 13.5. The van der Waals surface area contributed by atoms with Gasteiger partial charge in [0, 0.05) is 13.1 Å². The number of hydrogen-bond acceptors (Lipinski definition) is 4. The lowest BCUT2D eigenvalue weighted by molar-refractivity contribution is 0.0946. The minimum absolute atomic E-state index is 0.145. The molecule has 2 aromatic heterocycles. The van der Waals surface area contributed by atoms with E-state index < -0.39 is 0 Å². The van der Waals surface area contributed by atoms with Gasteiger partial charge in [0.25, 0.3) is 5.91 Å². The first-order chi connectivity index (χ1) is 9.29. The van der Waals surface area contributed by atoms with Gasteiger partial charge >= 0.3 is 0 Å². The molecule has 4 nitrogen and oxygen atoms in total. The van der Waals surface area contributed by atoms with Crippen LogP contribution in [0.2, 0.25) is 0 Å². The Balaban J connectivity index is 1.88. The molecule has 0 aliphatic heterocycles. The van der Waals surface area contributed by atoms with Crippen molar-refractivity contribution in [2.75, 3.05) is 11.9 Å². The summed E-state index contributed by atoms with van der Waals surface area (Å²) in [5.74, 6) is -0.145. The quantitative estimate of drug-likeness (QED) is 0.852. The van der Waals surface area contributed by atoms with E-state index in [1.165, 1.54) is 0 Å². The van der Waals surface area contributed by atoms with E-state index in [1.54, 1.807) is 23.6 Å². The topological polar surface area (TPSA) is 54.0 Å². The summed E-state index contributed by atoms with van der Waals surface area (Å²) >= 11 is 1.62. The fourth-order valence-electron chi connectivity index (χ4n) is 1.57. The highest BCUT2D eigenvalue weighted by atomic mass is 32.1. The number of rotatable bonds is 6. The van der Waals surface area contributed by atoms with Crippen molar-refractivity contribution in [3.8, 4) is 0 Å². The van der Waals surface area contributed by atoms with Crippen molar-refractivity contribution in [1.82, 2.24) is 10.3 Å². The summed E-state index contributed by atoms with van der Waals surface area (Å²) in [6, 6.07) is 5.61. The number of hydrogen-bond donors (Lipinski definition) is 2. The predicted octanol–water partition coefficient (Wildman–Crippen LogP) is 2.90. The summed E-state index contributed by atoms with van der Waals surface area (Å²) in [4.78, 5) is 16.0. The molecular weight excluding hydrogens is 258 g/mol. The molecule has 2 aromatic rings. The standard InChI is InChI=1S/C14H17N3OS/c1-2-6-15-12-3-4-13(16-9-12)14(18)17-8-11-5-7-19-10-11/h3-5,7,9-10,15H,2,6,8H2,1H3,(H,17,18). The number of carbonyl (C=O) groups is 1. The average Bonchev–Trinajstić information content (AvgIpc) is 2.96. The molecule has 0 saturated carbocycles. The van der Waals surface area contributed by atoms with Crippen LogP contribution in [0.3, 0.4) is 0 Å². The molecule has 5 heteroatoms. The largest absolute Gasteiger partial charge is 0.384 e. The maximum Gasteiger partial charge on any atom is 0.270 e. The van der Waals surface area contributed by atoms with E-state index in [9.17, 15) is 4.79 Å². The molecule has 0 fully saturated rings. The van der Waals surface area contributed by atoms with Crippen LogP contribution in [0, 0.1) is 0 Å². The Morgan fingerprint density at radius 2 is 2.26 bits per heavy atom. The van der Waals surface area contributed by atoms with E-state index in [1.807, 2.05) is 22.9 Å². The summed E-state index contributed by atoms with van der Waals surface area (Å²) < 4.78 is 0. The maximum atomic E-state index is 11.9. The molecule has 2 heterocycles. The fraction of sp³-hybridized carbons (Fsp3) is 0.286. The Hall–Kier alpha value is -1.88. The highest BCUT2D eigenvalue weighted by Crippen LogP contribution is 2.08.